The molecule has 1 aliphatic rings. The van der Waals surface area contributed by atoms with Gasteiger partial charge in [-0.15, -0.1) is 0 Å². The Morgan fingerprint density at radius 2 is 1.05 bits per heavy atom. The van der Waals surface area contributed by atoms with Gasteiger partial charge in [-0.3, -0.25) is 0 Å². The Morgan fingerprint density at radius 1 is 0.407 bits per heavy atom. The van der Waals surface area contributed by atoms with E-state index in [4.69, 9.17) is 19.4 Å². The third kappa shape index (κ3) is 5.14. The van der Waals surface area contributed by atoms with E-state index in [1.54, 1.807) is 0 Å². The molecule has 0 spiro atoms. The Bertz CT molecular complexity index is 3470. The molecule has 0 radical (unpaired) electrons. The maximum Gasteiger partial charge on any atom is 0.164 e. The molecule has 3 heterocycles. The standard InChI is InChI=1S/C54H36N4O/c1-54(2)44-24-11-9-21-39(44)42-31-43-40-22-10-12-25-46(40)58(47(43)32-45(42)54)37-20-13-19-35(29-37)52-55-51(34-17-7-4-8-18-34)56-53(57-52)36-27-28-41-49(30-36)59-48-26-14-23-38(50(41)48)33-15-5-3-6-16-33/h3-32H,1-2H3. The van der Waals surface area contributed by atoms with Gasteiger partial charge >= 0.3 is 0 Å². The van der Waals surface area contributed by atoms with E-state index in [9.17, 15) is 0 Å². The summed E-state index contributed by atoms with van der Waals surface area (Å²) in [6.45, 7) is 4.68. The number of para-hydroxylation sites is 1. The summed E-state index contributed by atoms with van der Waals surface area (Å²) in [5, 5.41) is 4.62. The van der Waals surface area contributed by atoms with Crippen LogP contribution in [0.25, 0.3) is 106 Å². The molecule has 0 saturated carbocycles. The van der Waals surface area contributed by atoms with Crippen LogP contribution in [-0.2, 0) is 5.41 Å². The minimum Gasteiger partial charge on any atom is -0.456 e. The van der Waals surface area contributed by atoms with Crippen LogP contribution in [0.1, 0.15) is 25.0 Å². The van der Waals surface area contributed by atoms with Crippen LogP contribution in [0, 0.1) is 0 Å². The monoisotopic (exact) mass is 756 g/mol. The van der Waals surface area contributed by atoms with Crippen molar-refractivity contribution in [2.75, 3.05) is 0 Å². The Kier molecular flexibility index (Phi) is 7.20. The van der Waals surface area contributed by atoms with Crippen molar-refractivity contribution in [2.45, 2.75) is 19.3 Å². The molecule has 0 aliphatic heterocycles. The minimum absolute atomic E-state index is 0.117. The Balaban J connectivity index is 1.02. The normalized spacial score (nSPS) is 13.1. The second-order valence-corrected chi connectivity index (χ2v) is 16.0. The third-order valence-corrected chi connectivity index (χ3v) is 12.2. The lowest BCUT2D eigenvalue weighted by Crippen LogP contribution is -2.14. The van der Waals surface area contributed by atoms with Gasteiger partial charge in [-0.2, -0.15) is 0 Å². The van der Waals surface area contributed by atoms with Crippen molar-refractivity contribution in [3.63, 3.8) is 0 Å². The van der Waals surface area contributed by atoms with E-state index in [1.165, 1.54) is 38.5 Å². The van der Waals surface area contributed by atoms with Gasteiger partial charge in [-0.05, 0) is 81.9 Å². The summed E-state index contributed by atoms with van der Waals surface area (Å²) in [6, 6.07) is 64.1. The Hall–Kier alpha value is -7.63. The second-order valence-electron chi connectivity index (χ2n) is 16.0. The average Bonchev–Trinajstić information content (AvgIpc) is 3.91. The molecule has 8 aromatic carbocycles. The highest BCUT2D eigenvalue weighted by Crippen LogP contribution is 2.51. The van der Waals surface area contributed by atoms with Crippen LogP contribution in [0.3, 0.4) is 0 Å². The zero-order chi connectivity index (χ0) is 39.2. The number of nitrogens with zero attached hydrogens (tertiary/aromatic N) is 4. The van der Waals surface area contributed by atoms with Gasteiger partial charge in [0.2, 0.25) is 0 Å². The van der Waals surface area contributed by atoms with Crippen LogP contribution in [0.2, 0.25) is 0 Å². The predicted molar refractivity (Wildman–Crippen MR) is 241 cm³/mol. The van der Waals surface area contributed by atoms with E-state index in [0.717, 1.165) is 61.0 Å². The van der Waals surface area contributed by atoms with E-state index in [1.807, 2.05) is 42.5 Å². The third-order valence-electron chi connectivity index (χ3n) is 12.2. The summed E-state index contributed by atoms with van der Waals surface area (Å²) >= 11 is 0. The van der Waals surface area contributed by atoms with Gasteiger partial charge in [0.1, 0.15) is 11.2 Å². The number of rotatable bonds is 5. The van der Waals surface area contributed by atoms with Crippen LogP contribution in [0.4, 0.5) is 0 Å². The van der Waals surface area contributed by atoms with Crippen molar-refractivity contribution in [2.24, 2.45) is 0 Å². The van der Waals surface area contributed by atoms with Gasteiger partial charge in [0.05, 0.1) is 11.0 Å². The molecule has 12 rings (SSSR count). The van der Waals surface area contributed by atoms with Gasteiger partial charge in [0, 0.05) is 49.3 Å². The topological polar surface area (TPSA) is 56.7 Å². The number of hydrogen-bond acceptors (Lipinski definition) is 4. The maximum atomic E-state index is 6.52. The van der Waals surface area contributed by atoms with Crippen LogP contribution < -0.4 is 0 Å². The lowest BCUT2D eigenvalue weighted by atomic mass is 9.82. The highest BCUT2D eigenvalue weighted by atomic mass is 16.3. The summed E-state index contributed by atoms with van der Waals surface area (Å²) in [5.74, 6) is 1.80. The molecule has 0 atom stereocenters. The first-order valence-corrected chi connectivity index (χ1v) is 20.1. The van der Waals surface area contributed by atoms with E-state index in [0.29, 0.717) is 17.5 Å². The molecule has 3 aromatic heterocycles. The van der Waals surface area contributed by atoms with Crippen LogP contribution in [0.15, 0.2) is 186 Å². The van der Waals surface area contributed by atoms with Crippen LogP contribution in [0.5, 0.6) is 0 Å². The fourth-order valence-electron chi connectivity index (χ4n) is 9.40. The zero-order valence-electron chi connectivity index (χ0n) is 32.5. The summed E-state index contributed by atoms with van der Waals surface area (Å²) < 4.78 is 8.91. The molecule has 0 unspecified atom stereocenters. The number of hydrogen-bond donors (Lipinski definition) is 0. The second kappa shape index (κ2) is 12.7. The molecule has 1 aliphatic carbocycles. The molecule has 0 amide bonds. The number of benzene rings is 8. The average molecular weight is 757 g/mol. The van der Waals surface area contributed by atoms with Crippen molar-refractivity contribution < 1.29 is 4.42 Å². The molecule has 59 heavy (non-hydrogen) atoms. The molecular formula is C54H36N4O. The molecule has 278 valence electrons. The Morgan fingerprint density at radius 3 is 1.86 bits per heavy atom. The molecule has 0 saturated heterocycles. The molecule has 0 N–H and O–H groups in total. The zero-order valence-corrected chi connectivity index (χ0v) is 32.5. The number of aromatic nitrogens is 4. The van der Waals surface area contributed by atoms with E-state index in [2.05, 4.69) is 158 Å². The minimum atomic E-state index is -0.117. The van der Waals surface area contributed by atoms with E-state index >= 15 is 0 Å². The molecule has 5 heteroatoms. The van der Waals surface area contributed by atoms with Crippen molar-refractivity contribution in [1.82, 2.24) is 19.5 Å². The van der Waals surface area contributed by atoms with Gasteiger partial charge in [0.25, 0.3) is 0 Å². The first-order chi connectivity index (χ1) is 29.0. The lowest BCUT2D eigenvalue weighted by Gasteiger charge is -2.21. The van der Waals surface area contributed by atoms with Crippen LogP contribution in [-0.4, -0.2) is 19.5 Å². The summed E-state index contributed by atoms with van der Waals surface area (Å²) in [4.78, 5) is 15.4. The fraction of sp³-hybridized carbons (Fsp3) is 0.0556. The van der Waals surface area contributed by atoms with Crippen molar-refractivity contribution >= 4 is 43.7 Å². The predicted octanol–water partition coefficient (Wildman–Crippen LogP) is 13.8. The lowest BCUT2D eigenvalue weighted by molar-refractivity contribution is 0.661. The van der Waals surface area contributed by atoms with E-state index in [-0.39, 0.29) is 5.41 Å². The molecule has 0 bridgehead atoms. The van der Waals surface area contributed by atoms with Gasteiger partial charge < -0.3 is 8.98 Å². The summed E-state index contributed by atoms with van der Waals surface area (Å²) in [5.41, 5.74) is 15.2. The molecule has 5 nitrogen and oxygen atoms in total. The first-order valence-electron chi connectivity index (χ1n) is 20.1. The molecular weight excluding hydrogens is 721 g/mol. The number of fused-ring (bicyclic) bond motifs is 9. The van der Waals surface area contributed by atoms with Crippen molar-refractivity contribution in [3.8, 4) is 62.1 Å². The number of furan rings is 1. The van der Waals surface area contributed by atoms with Gasteiger partial charge in [0.15, 0.2) is 17.5 Å². The molecule has 11 aromatic rings. The maximum absolute atomic E-state index is 6.52. The van der Waals surface area contributed by atoms with Gasteiger partial charge in [-0.25, -0.2) is 15.0 Å². The van der Waals surface area contributed by atoms with Gasteiger partial charge in [-0.1, -0.05) is 147 Å². The Labute approximate surface area is 340 Å². The van der Waals surface area contributed by atoms with Crippen molar-refractivity contribution in [3.05, 3.63) is 193 Å². The smallest absolute Gasteiger partial charge is 0.164 e. The largest absolute Gasteiger partial charge is 0.456 e. The van der Waals surface area contributed by atoms with Crippen LogP contribution >= 0.6 is 0 Å². The fourth-order valence-corrected chi connectivity index (χ4v) is 9.40. The highest BCUT2D eigenvalue weighted by molar-refractivity contribution is 6.13. The quantitative estimate of drug-likeness (QED) is 0.175. The van der Waals surface area contributed by atoms with Crippen molar-refractivity contribution in [1.29, 1.82) is 0 Å². The molecule has 0 fully saturated rings. The highest BCUT2D eigenvalue weighted by Gasteiger charge is 2.36. The summed E-state index contributed by atoms with van der Waals surface area (Å²) in [6.07, 6.45) is 0. The SMILES string of the molecule is CC1(C)c2ccccc2-c2cc3c4ccccc4n(-c4cccc(-c5nc(-c6ccccc6)nc(-c6ccc7c(c6)oc6cccc(-c8ccccc8)c67)n5)c4)c3cc21. The summed E-state index contributed by atoms with van der Waals surface area (Å²) in [7, 11) is 0. The van der Waals surface area contributed by atoms with E-state index < -0.39 is 0 Å². The first kappa shape index (κ1) is 33.5.